The SMILES string of the molecule is Cc1cc(-n2c3ccccc3c3ccccc32)ccc1-c1cc(C(C)C)c(-c2ccc(-n3c4ccccc4c4ccccc43)cc2C)cc1C(C)C. The highest BCUT2D eigenvalue weighted by Gasteiger charge is 2.21. The first kappa shape index (κ1) is 32.1. The molecule has 0 amide bonds. The first-order valence-corrected chi connectivity index (χ1v) is 18.7. The maximum atomic E-state index is 2.50. The van der Waals surface area contributed by atoms with Gasteiger partial charge in [0.05, 0.1) is 22.1 Å². The summed E-state index contributed by atoms with van der Waals surface area (Å²) in [5.41, 5.74) is 18.0. The van der Waals surface area contributed by atoms with Crippen molar-refractivity contribution in [2.75, 3.05) is 0 Å². The molecule has 0 saturated carbocycles. The van der Waals surface area contributed by atoms with Crippen LogP contribution in [0, 0.1) is 13.8 Å². The maximum Gasteiger partial charge on any atom is 0.0541 e. The summed E-state index contributed by atoms with van der Waals surface area (Å²) in [6.07, 6.45) is 0. The van der Waals surface area contributed by atoms with E-state index in [1.807, 2.05) is 0 Å². The molecule has 0 N–H and O–H groups in total. The Morgan fingerprint density at radius 3 is 0.942 bits per heavy atom. The molecule has 0 fully saturated rings. The van der Waals surface area contributed by atoms with Crippen molar-refractivity contribution in [2.24, 2.45) is 0 Å². The fourth-order valence-corrected chi connectivity index (χ4v) is 8.63. The zero-order chi connectivity index (χ0) is 35.7. The van der Waals surface area contributed by atoms with Crippen LogP contribution in [0.5, 0.6) is 0 Å². The van der Waals surface area contributed by atoms with Gasteiger partial charge in [0.15, 0.2) is 0 Å². The molecule has 0 aliphatic carbocycles. The van der Waals surface area contributed by atoms with Gasteiger partial charge in [-0.05, 0) is 131 Å². The molecule has 52 heavy (non-hydrogen) atoms. The van der Waals surface area contributed by atoms with Crippen molar-refractivity contribution in [2.45, 2.75) is 53.4 Å². The van der Waals surface area contributed by atoms with E-state index in [0.717, 1.165) is 0 Å². The van der Waals surface area contributed by atoms with E-state index >= 15 is 0 Å². The highest BCUT2D eigenvalue weighted by atomic mass is 15.0. The zero-order valence-electron chi connectivity index (χ0n) is 30.9. The fraction of sp³-hybridized carbons (Fsp3) is 0.160. The highest BCUT2D eigenvalue weighted by Crippen LogP contribution is 2.42. The molecule has 7 aromatic carbocycles. The Hall–Kier alpha value is -5.86. The van der Waals surface area contributed by atoms with Gasteiger partial charge in [0.1, 0.15) is 0 Å². The minimum atomic E-state index is 0.364. The third-order valence-corrected chi connectivity index (χ3v) is 11.1. The van der Waals surface area contributed by atoms with Gasteiger partial charge in [0.2, 0.25) is 0 Å². The first-order chi connectivity index (χ1) is 25.3. The number of hydrogen-bond donors (Lipinski definition) is 0. The van der Waals surface area contributed by atoms with Crippen molar-refractivity contribution in [1.82, 2.24) is 9.13 Å². The second-order valence-corrected chi connectivity index (χ2v) is 15.1. The summed E-state index contributed by atoms with van der Waals surface area (Å²) in [6, 6.07) is 54.1. The second kappa shape index (κ2) is 12.4. The van der Waals surface area contributed by atoms with Gasteiger partial charge in [0, 0.05) is 32.9 Å². The molecular formula is C50H44N2. The molecule has 0 unspecified atom stereocenters. The predicted molar refractivity (Wildman–Crippen MR) is 224 cm³/mol. The van der Waals surface area contributed by atoms with Gasteiger partial charge in [-0.15, -0.1) is 0 Å². The Morgan fingerprint density at radius 1 is 0.346 bits per heavy atom. The Balaban J connectivity index is 1.17. The number of benzene rings is 7. The van der Waals surface area contributed by atoms with Crippen LogP contribution >= 0.6 is 0 Å². The Morgan fingerprint density at radius 2 is 0.654 bits per heavy atom. The van der Waals surface area contributed by atoms with Gasteiger partial charge < -0.3 is 9.13 Å². The van der Waals surface area contributed by atoms with Crippen LogP contribution in [-0.4, -0.2) is 9.13 Å². The smallest absolute Gasteiger partial charge is 0.0541 e. The maximum absolute atomic E-state index is 2.50. The molecule has 9 rings (SSSR count). The largest absolute Gasteiger partial charge is 0.309 e. The number of para-hydroxylation sites is 4. The van der Waals surface area contributed by atoms with Crippen LogP contribution in [0.1, 0.15) is 61.8 Å². The van der Waals surface area contributed by atoms with E-state index in [2.05, 4.69) is 196 Å². The minimum absolute atomic E-state index is 0.364. The van der Waals surface area contributed by atoms with Crippen LogP contribution in [0.4, 0.5) is 0 Å². The third-order valence-electron chi connectivity index (χ3n) is 11.1. The normalized spacial score (nSPS) is 12.0. The summed E-state index contributed by atoms with van der Waals surface area (Å²) in [6.45, 7) is 13.9. The Bertz CT molecular complexity index is 2520. The number of nitrogens with zero attached hydrogens (tertiary/aromatic N) is 2. The van der Waals surface area contributed by atoms with Crippen molar-refractivity contribution in [3.63, 3.8) is 0 Å². The molecule has 2 heterocycles. The highest BCUT2D eigenvalue weighted by molar-refractivity contribution is 6.10. The lowest BCUT2D eigenvalue weighted by atomic mass is 9.82. The van der Waals surface area contributed by atoms with Gasteiger partial charge in [-0.3, -0.25) is 0 Å². The van der Waals surface area contributed by atoms with E-state index in [0.29, 0.717) is 11.8 Å². The Labute approximate surface area is 306 Å². The quantitative estimate of drug-likeness (QED) is 0.166. The average Bonchev–Trinajstić information content (AvgIpc) is 3.67. The van der Waals surface area contributed by atoms with E-state index in [9.17, 15) is 0 Å². The molecule has 0 aliphatic heterocycles. The van der Waals surface area contributed by atoms with Crippen LogP contribution in [-0.2, 0) is 0 Å². The van der Waals surface area contributed by atoms with Crippen LogP contribution < -0.4 is 0 Å². The summed E-state index contributed by atoms with van der Waals surface area (Å²) in [7, 11) is 0. The van der Waals surface area contributed by atoms with Crippen molar-refractivity contribution in [1.29, 1.82) is 0 Å². The summed E-state index contributed by atoms with van der Waals surface area (Å²) >= 11 is 0. The fourth-order valence-electron chi connectivity index (χ4n) is 8.63. The molecule has 0 saturated heterocycles. The Kier molecular flexibility index (Phi) is 7.66. The average molecular weight is 673 g/mol. The van der Waals surface area contributed by atoms with Crippen LogP contribution in [0.25, 0.3) is 77.2 Å². The van der Waals surface area contributed by atoms with Gasteiger partial charge in [0.25, 0.3) is 0 Å². The molecule has 0 aliphatic rings. The van der Waals surface area contributed by atoms with Gasteiger partial charge in [-0.1, -0.05) is 113 Å². The number of fused-ring (bicyclic) bond motifs is 6. The predicted octanol–water partition coefficient (Wildman–Crippen LogP) is 14.1. The molecule has 2 aromatic heterocycles. The molecule has 9 aromatic rings. The van der Waals surface area contributed by atoms with Gasteiger partial charge in [-0.25, -0.2) is 0 Å². The first-order valence-electron chi connectivity index (χ1n) is 18.7. The lowest BCUT2D eigenvalue weighted by Crippen LogP contribution is -2.03. The molecule has 254 valence electrons. The van der Waals surface area contributed by atoms with Crippen molar-refractivity contribution >= 4 is 43.6 Å². The van der Waals surface area contributed by atoms with Crippen molar-refractivity contribution < 1.29 is 0 Å². The van der Waals surface area contributed by atoms with Crippen molar-refractivity contribution in [3.05, 3.63) is 168 Å². The molecule has 0 spiro atoms. The molecule has 2 nitrogen and oxygen atoms in total. The molecule has 0 radical (unpaired) electrons. The summed E-state index contributed by atoms with van der Waals surface area (Å²) in [4.78, 5) is 0. The van der Waals surface area contributed by atoms with Crippen LogP contribution in [0.3, 0.4) is 0 Å². The monoisotopic (exact) mass is 672 g/mol. The standard InChI is InChI=1S/C50H44N2/c1-31(2)43-29-46(38-26-24-36(28-34(38)6)52-49-21-13-9-17-41(49)42-18-10-14-22-50(42)52)44(32(3)4)30-45(43)37-25-23-35(27-33(37)5)51-47-19-11-7-15-39(47)40-16-8-12-20-48(40)51/h7-32H,1-6H3. The van der Waals surface area contributed by atoms with E-state index in [1.165, 1.54) is 99.5 Å². The minimum Gasteiger partial charge on any atom is -0.309 e. The lowest BCUT2D eigenvalue weighted by molar-refractivity contribution is 0.848. The number of hydrogen-bond acceptors (Lipinski definition) is 0. The molecular weight excluding hydrogens is 629 g/mol. The molecule has 0 bridgehead atoms. The van der Waals surface area contributed by atoms with E-state index < -0.39 is 0 Å². The second-order valence-electron chi connectivity index (χ2n) is 15.1. The summed E-state index contributed by atoms with van der Waals surface area (Å²) in [5.74, 6) is 0.729. The topological polar surface area (TPSA) is 9.86 Å². The van der Waals surface area contributed by atoms with Gasteiger partial charge in [-0.2, -0.15) is 0 Å². The lowest BCUT2D eigenvalue weighted by Gasteiger charge is -2.23. The number of rotatable bonds is 6. The van der Waals surface area contributed by atoms with Crippen molar-refractivity contribution in [3.8, 4) is 33.6 Å². The van der Waals surface area contributed by atoms with E-state index in [1.54, 1.807) is 0 Å². The summed E-state index contributed by atoms with van der Waals surface area (Å²) in [5, 5.41) is 5.16. The molecule has 0 atom stereocenters. The molecule has 2 heteroatoms. The van der Waals surface area contributed by atoms with E-state index in [4.69, 9.17) is 0 Å². The summed E-state index contributed by atoms with van der Waals surface area (Å²) < 4.78 is 4.83. The number of aryl methyl sites for hydroxylation is 2. The zero-order valence-corrected chi connectivity index (χ0v) is 30.9. The van der Waals surface area contributed by atoms with Gasteiger partial charge >= 0.3 is 0 Å². The van der Waals surface area contributed by atoms with Crippen LogP contribution in [0.15, 0.2) is 146 Å². The third kappa shape index (κ3) is 5.00. The number of aromatic nitrogens is 2. The van der Waals surface area contributed by atoms with E-state index in [-0.39, 0.29) is 0 Å². The van der Waals surface area contributed by atoms with Crippen LogP contribution in [0.2, 0.25) is 0 Å².